The summed E-state index contributed by atoms with van der Waals surface area (Å²) in [5.74, 6) is 11.8. The molecule has 0 aliphatic rings. The number of aryl methyl sites for hydroxylation is 1. The predicted octanol–water partition coefficient (Wildman–Crippen LogP) is 2.30. The van der Waals surface area contributed by atoms with E-state index in [9.17, 15) is 4.79 Å². The average Bonchev–Trinajstić information content (AvgIpc) is 2.75. The van der Waals surface area contributed by atoms with Crippen molar-refractivity contribution in [3.63, 3.8) is 0 Å². The van der Waals surface area contributed by atoms with Crippen molar-refractivity contribution in [1.29, 1.82) is 0 Å². The van der Waals surface area contributed by atoms with Crippen LogP contribution >= 0.6 is 0 Å². The number of nitrogens with zero attached hydrogens (tertiary/aromatic N) is 5. The lowest BCUT2D eigenvalue weighted by molar-refractivity contribution is 0.102. The molecule has 0 bridgehead atoms. The molecule has 0 saturated heterocycles. The van der Waals surface area contributed by atoms with Crippen molar-refractivity contribution in [3.05, 3.63) is 71.9 Å². The van der Waals surface area contributed by atoms with Crippen LogP contribution in [-0.4, -0.2) is 37.7 Å². The van der Waals surface area contributed by atoms with Crippen LogP contribution < -0.4 is 17.0 Å². The van der Waals surface area contributed by atoms with E-state index in [1.54, 1.807) is 42.9 Å². The number of aromatic nitrogens is 3. The molecule has 1 amide bonds. The maximum absolute atomic E-state index is 12.8. The van der Waals surface area contributed by atoms with Crippen LogP contribution in [0.15, 0.2) is 60.1 Å². The van der Waals surface area contributed by atoms with Crippen molar-refractivity contribution >= 4 is 17.6 Å². The molecule has 3 aromatic rings. The first-order valence-electron chi connectivity index (χ1n) is 9.38. The van der Waals surface area contributed by atoms with E-state index in [1.165, 1.54) is 5.01 Å². The zero-order chi connectivity index (χ0) is 21.7. The van der Waals surface area contributed by atoms with Crippen LogP contribution in [0, 0.1) is 6.92 Å². The summed E-state index contributed by atoms with van der Waals surface area (Å²) < 4.78 is 0. The number of hydrazone groups is 1. The molecule has 0 aromatic carbocycles. The van der Waals surface area contributed by atoms with Crippen LogP contribution in [0.1, 0.15) is 35.6 Å². The molecule has 3 heterocycles. The number of hydrogen-bond donors (Lipinski definition) is 3. The number of pyridine rings is 3. The van der Waals surface area contributed by atoms with Crippen molar-refractivity contribution in [2.75, 3.05) is 5.32 Å². The van der Waals surface area contributed by atoms with Gasteiger partial charge in [0.25, 0.3) is 5.91 Å². The third-order valence-electron chi connectivity index (χ3n) is 4.47. The molecule has 154 valence electrons. The van der Waals surface area contributed by atoms with E-state index in [0.29, 0.717) is 17.3 Å². The fourth-order valence-corrected chi connectivity index (χ4v) is 2.81. The van der Waals surface area contributed by atoms with E-state index in [1.807, 2.05) is 32.9 Å². The molecule has 30 heavy (non-hydrogen) atoms. The Kier molecular flexibility index (Phi) is 6.33. The number of amides is 1. The SMILES string of the molecule is Cc1cnc(C(=O)Nc2cccc(/C(=N/N)N(N)C(C)C)n2)cc1-c1ccncc1. The number of nitrogens with one attached hydrogen (secondary N) is 1. The molecule has 0 atom stereocenters. The molecule has 0 aliphatic carbocycles. The Morgan fingerprint density at radius 3 is 2.57 bits per heavy atom. The summed E-state index contributed by atoms with van der Waals surface area (Å²) in [6.07, 6.45) is 5.08. The maximum Gasteiger partial charge on any atom is 0.275 e. The Bertz CT molecular complexity index is 1070. The molecule has 0 spiro atoms. The van der Waals surface area contributed by atoms with Gasteiger partial charge in [0.1, 0.15) is 17.2 Å². The largest absolute Gasteiger partial charge is 0.321 e. The van der Waals surface area contributed by atoms with Crippen molar-refractivity contribution in [1.82, 2.24) is 20.0 Å². The molecular weight excluding hydrogens is 380 g/mol. The summed E-state index contributed by atoms with van der Waals surface area (Å²) in [7, 11) is 0. The number of nitrogens with two attached hydrogens (primary N) is 2. The zero-order valence-corrected chi connectivity index (χ0v) is 17.1. The molecule has 9 nitrogen and oxygen atoms in total. The monoisotopic (exact) mass is 404 g/mol. The third kappa shape index (κ3) is 4.58. The second kappa shape index (κ2) is 9.10. The molecular formula is C21H24N8O. The molecule has 0 radical (unpaired) electrons. The number of amidine groups is 1. The summed E-state index contributed by atoms with van der Waals surface area (Å²) in [5, 5.41) is 7.91. The number of hydrogen-bond acceptors (Lipinski definition) is 7. The molecule has 0 fully saturated rings. The van der Waals surface area contributed by atoms with Crippen LogP contribution in [0.25, 0.3) is 11.1 Å². The highest BCUT2D eigenvalue weighted by molar-refractivity contribution is 6.03. The normalized spacial score (nSPS) is 11.4. The van der Waals surface area contributed by atoms with Gasteiger partial charge in [-0.1, -0.05) is 6.07 Å². The Hall–Kier alpha value is -3.85. The maximum atomic E-state index is 12.8. The topological polar surface area (TPSA) is 135 Å². The fourth-order valence-electron chi connectivity index (χ4n) is 2.81. The Morgan fingerprint density at radius 2 is 1.90 bits per heavy atom. The minimum absolute atomic E-state index is 0.0317. The van der Waals surface area contributed by atoms with Gasteiger partial charge in [-0.05, 0) is 67.8 Å². The van der Waals surface area contributed by atoms with E-state index in [-0.39, 0.29) is 17.6 Å². The smallest absolute Gasteiger partial charge is 0.275 e. The van der Waals surface area contributed by atoms with Crippen molar-refractivity contribution in [3.8, 4) is 11.1 Å². The Labute approximate surface area is 174 Å². The first-order valence-corrected chi connectivity index (χ1v) is 9.38. The van der Waals surface area contributed by atoms with Gasteiger partial charge in [0, 0.05) is 24.6 Å². The van der Waals surface area contributed by atoms with E-state index in [0.717, 1.165) is 16.7 Å². The minimum Gasteiger partial charge on any atom is -0.321 e. The highest BCUT2D eigenvalue weighted by Gasteiger charge is 2.17. The van der Waals surface area contributed by atoms with E-state index in [2.05, 4.69) is 25.4 Å². The average molecular weight is 404 g/mol. The van der Waals surface area contributed by atoms with E-state index >= 15 is 0 Å². The van der Waals surface area contributed by atoms with Crippen LogP contribution in [0.3, 0.4) is 0 Å². The number of carbonyl (C=O) groups excluding carboxylic acids is 1. The highest BCUT2D eigenvalue weighted by Crippen LogP contribution is 2.23. The van der Waals surface area contributed by atoms with Crippen molar-refractivity contribution in [2.24, 2.45) is 16.8 Å². The summed E-state index contributed by atoms with van der Waals surface area (Å²) in [4.78, 5) is 25.5. The number of carbonyl (C=O) groups is 1. The van der Waals surface area contributed by atoms with Gasteiger partial charge in [-0.3, -0.25) is 19.8 Å². The van der Waals surface area contributed by atoms with E-state index in [4.69, 9.17) is 11.7 Å². The third-order valence-corrected chi connectivity index (χ3v) is 4.47. The van der Waals surface area contributed by atoms with Gasteiger partial charge in [0.2, 0.25) is 0 Å². The lowest BCUT2D eigenvalue weighted by Crippen LogP contribution is -2.44. The molecule has 5 N–H and O–H groups in total. The van der Waals surface area contributed by atoms with Gasteiger partial charge in [-0.15, -0.1) is 0 Å². The molecule has 3 aromatic heterocycles. The lowest BCUT2D eigenvalue weighted by Gasteiger charge is -2.23. The predicted molar refractivity (Wildman–Crippen MR) is 116 cm³/mol. The van der Waals surface area contributed by atoms with Gasteiger partial charge in [0.05, 0.1) is 0 Å². The number of rotatable bonds is 5. The van der Waals surface area contributed by atoms with Gasteiger partial charge in [-0.2, -0.15) is 5.10 Å². The first kappa shape index (κ1) is 20.9. The first-order chi connectivity index (χ1) is 14.4. The second-order valence-electron chi connectivity index (χ2n) is 6.94. The lowest BCUT2D eigenvalue weighted by atomic mass is 10.0. The second-order valence-corrected chi connectivity index (χ2v) is 6.94. The highest BCUT2D eigenvalue weighted by atomic mass is 16.1. The molecule has 0 unspecified atom stereocenters. The molecule has 0 saturated carbocycles. The number of hydrazine groups is 1. The summed E-state index contributed by atoms with van der Waals surface area (Å²) in [6, 6.07) is 10.6. The van der Waals surface area contributed by atoms with Crippen molar-refractivity contribution in [2.45, 2.75) is 26.8 Å². The van der Waals surface area contributed by atoms with E-state index < -0.39 is 0 Å². The molecule has 0 aliphatic heterocycles. The van der Waals surface area contributed by atoms with Crippen LogP contribution in [0.2, 0.25) is 0 Å². The Morgan fingerprint density at radius 1 is 1.17 bits per heavy atom. The molecule has 3 rings (SSSR count). The number of anilines is 1. The fraction of sp³-hybridized carbons (Fsp3) is 0.190. The van der Waals surface area contributed by atoms with Gasteiger partial charge in [0.15, 0.2) is 5.84 Å². The Balaban J connectivity index is 1.85. The minimum atomic E-state index is -0.380. The van der Waals surface area contributed by atoms with Crippen LogP contribution in [-0.2, 0) is 0 Å². The quantitative estimate of drug-likeness (QED) is 0.257. The van der Waals surface area contributed by atoms with Gasteiger partial charge in [-0.25, -0.2) is 10.8 Å². The van der Waals surface area contributed by atoms with Crippen LogP contribution in [0.5, 0.6) is 0 Å². The zero-order valence-electron chi connectivity index (χ0n) is 17.1. The summed E-state index contributed by atoms with van der Waals surface area (Å²) in [5.41, 5.74) is 3.54. The standard InChI is InChI=1S/C21H24N8O/c1-13(2)29(23)20(28-22)17-5-4-6-19(26-17)27-21(30)18-11-16(14(3)12-25-18)15-7-9-24-10-8-15/h4-13H,22-23H2,1-3H3,(H,26,27,30)/b28-20-. The summed E-state index contributed by atoms with van der Waals surface area (Å²) in [6.45, 7) is 5.75. The van der Waals surface area contributed by atoms with Gasteiger partial charge >= 0.3 is 0 Å². The van der Waals surface area contributed by atoms with Gasteiger partial charge < -0.3 is 11.2 Å². The van der Waals surface area contributed by atoms with Crippen LogP contribution in [0.4, 0.5) is 5.82 Å². The summed E-state index contributed by atoms with van der Waals surface area (Å²) >= 11 is 0. The van der Waals surface area contributed by atoms with Crippen molar-refractivity contribution < 1.29 is 4.79 Å². The molecule has 9 heteroatoms.